The van der Waals surface area contributed by atoms with E-state index < -0.39 is 0 Å². The van der Waals surface area contributed by atoms with Crippen molar-refractivity contribution in [1.82, 2.24) is 21.3 Å². The lowest BCUT2D eigenvalue weighted by Gasteiger charge is -2.13. The van der Waals surface area contributed by atoms with Crippen LogP contribution in [0.5, 0.6) is 0 Å². The summed E-state index contributed by atoms with van der Waals surface area (Å²) in [6.07, 6.45) is 0.773. The van der Waals surface area contributed by atoms with Crippen LogP contribution in [0.15, 0.2) is 29.3 Å². The Morgan fingerprint density at radius 3 is 2.35 bits per heavy atom. The third kappa shape index (κ3) is 9.02. The number of hydrogen-bond acceptors (Lipinski definition) is 3. The lowest BCUT2D eigenvalue weighted by Crippen LogP contribution is -2.42. The molecule has 0 heterocycles. The third-order valence-electron chi connectivity index (χ3n) is 3.59. The fourth-order valence-electron chi connectivity index (χ4n) is 2.13. The average molecular weight is 475 g/mol. The molecule has 0 unspecified atom stereocenters. The summed E-state index contributed by atoms with van der Waals surface area (Å²) in [5.74, 6) is 0.626. The third-order valence-corrected chi connectivity index (χ3v) is 3.59. The molecule has 0 bridgehead atoms. The van der Waals surface area contributed by atoms with Gasteiger partial charge in [-0.2, -0.15) is 0 Å². The number of amides is 2. The van der Waals surface area contributed by atoms with Gasteiger partial charge in [-0.15, -0.1) is 24.0 Å². The summed E-state index contributed by atoms with van der Waals surface area (Å²) in [6, 6.07) is 7.55. The topological polar surface area (TPSA) is 94.6 Å². The second-order valence-electron chi connectivity index (χ2n) is 5.90. The zero-order valence-electron chi connectivity index (χ0n) is 15.9. The minimum absolute atomic E-state index is 0. The van der Waals surface area contributed by atoms with Crippen LogP contribution in [0.1, 0.15) is 29.8 Å². The summed E-state index contributed by atoms with van der Waals surface area (Å²) in [5, 5.41) is 11.8. The molecule has 4 N–H and O–H groups in total. The molecule has 1 aromatic rings. The summed E-state index contributed by atoms with van der Waals surface area (Å²) >= 11 is 0. The highest BCUT2D eigenvalue weighted by Gasteiger charge is 2.06. The number of nitrogens with one attached hydrogen (secondary N) is 4. The van der Waals surface area contributed by atoms with Crippen LogP contribution in [0, 0.1) is 5.92 Å². The van der Waals surface area contributed by atoms with Gasteiger partial charge in [-0.25, -0.2) is 0 Å². The highest BCUT2D eigenvalue weighted by atomic mass is 127. The van der Waals surface area contributed by atoms with Crippen LogP contribution < -0.4 is 21.3 Å². The van der Waals surface area contributed by atoms with E-state index in [1.807, 2.05) is 32.0 Å². The van der Waals surface area contributed by atoms with Crippen molar-refractivity contribution >= 4 is 41.8 Å². The van der Waals surface area contributed by atoms with Gasteiger partial charge in [0.05, 0.1) is 0 Å². The largest absolute Gasteiger partial charge is 0.356 e. The van der Waals surface area contributed by atoms with Crippen LogP contribution in [0.3, 0.4) is 0 Å². The second kappa shape index (κ2) is 13.4. The van der Waals surface area contributed by atoms with Crippen molar-refractivity contribution in [2.24, 2.45) is 10.9 Å². The molecule has 8 heteroatoms. The molecule has 0 aliphatic carbocycles. The number of carbonyl (C=O) groups is 2. The Hall–Kier alpha value is -1.84. The first-order valence-electron chi connectivity index (χ1n) is 8.51. The SMILES string of the molecule is CN=C(NCCNC(=O)C(C)C)NCCc1cccc(C(=O)NC)c1.I. The number of hydrogen-bond donors (Lipinski definition) is 4. The summed E-state index contributed by atoms with van der Waals surface area (Å²) in [4.78, 5) is 27.3. The van der Waals surface area contributed by atoms with E-state index in [1.165, 1.54) is 0 Å². The maximum Gasteiger partial charge on any atom is 0.251 e. The van der Waals surface area contributed by atoms with E-state index in [2.05, 4.69) is 26.3 Å². The van der Waals surface area contributed by atoms with Gasteiger partial charge in [-0.05, 0) is 24.1 Å². The minimum atomic E-state index is -0.0873. The Kier molecular flexibility index (Phi) is 12.4. The van der Waals surface area contributed by atoms with E-state index in [4.69, 9.17) is 0 Å². The van der Waals surface area contributed by atoms with Gasteiger partial charge in [0, 0.05) is 45.2 Å². The van der Waals surface area contributed by atoms with Crippen LogP contribution in [-0.4, -0.2) is 51.5 Å². The molecule has 0 saturated heterocycles. The van der Waals surface area contributed by atoms with Gasteiger partial charge in [0.15, 0.2) is 5.96 Å². The summed E-state index contributed by atoms with van der Waals surface area (Å²) in [7, 11) is 3.32. The minimum Gasteiger partial charge on any atom is -0.356 e. The average Bonchev–Trinajstić information content (AvgIpc) is 2.62. The first kappa shape index (κ1) is 24.2. The molecule has 1 rings (SSSR count). The summed E-state index contributed by atoms with van der Waals surface area (Å²) in [5.41, 5.74) is 1.73. The monoisotopic (exact) mass is 475 g/mol. The van der Waals surface area contributed by atoms with Gasteiger partial charge >= 0.3 is 0 Å². The summed E-state index contributed by atoms with van der Waals surface area (Å²) in [6.45, 7) is 5.57. The fourth-order valence-corrected chi connectivity index (χ4v) is 2.13. The predicted molar refractivity (Wildman–Crippen MR) is 116 cm³/mol. The van der Waals surface area contributed by atoms with Gasteiger partial charge < -0.3 is 21.3 Å². The molecular weight excluding hydrogens is 445 g/mol. The molecule has 146 valence electrons. The Labute approximate surface area is 172 Å². The van der Waals surface area contributed by atoms with E-state index in [1.54, 1.807) is 20.2 Å². The first-order valence-corrected chi connectivity index (χ1v) is 8.51. The fraction of sp³-hybridized carbons (Fsp3) is 0.500. The maximum atomic E-state index is 11.6. The van der Waals surface area contributed by atoms with Crippen molar-refractivity contribution in [2.75, 3.05) is 33.7 Å². The molecule has 26 heavy (non-hydrogen) atoms. The number of nitrogens with zero attached hydrogens (tertiary/aromatic N) is 1. The number of rotatable bonds is 8. The zero-order valence-corrected chi connectivity index (χ0v) is 18.2. The van der Waals surface area contributed by atoms with E-state index in [0.717, 1.165) is 12.0 Å². The van der Waals surface area contributed by atoms with E-state index in [-0.39, 0.29) is 41.7 Å². The Morgan fingerprint density at radius 1 is 1.08 bits per heavy atom. The lowest BCUT2D eigenvalue weighted by atomic mass is 10.1. The highest BCUT2D eigenvalue weighted by molar-refractivity contribution is 14.0. The molecular formula is C18H30IN5O2. The molecule has 2 amide bonds. The van der Waals surface area contributed by atoms with Crippen LogP contribution >= 0.6 is 24.0 Å². The van der Waals surface area contributed by atoms with Crippen molar-refractivity contribution in [3.05, 3.63) is 35.4 Å². The molecule has 0 aromatic heterocycles. The van der Waals surface area contributed by atoms with Crippen molar-refractivity contribution in [2.45, 2.75) is 20.3 Å². The van der Waals surface area contributed by atoms with Crippen molar-refractivity contribution in [1.29, 1.82) is 0 Å². The molecule has 0 fully saturated rings. The molecule has 0 saturated carbocycles. The molecule has 0 radical (unpaired) electrons. The number of aliphatic imine (C=N–C) groups is 1. The van der Waals surface area contributed by atoms with Gasteiger partial charge in [-0.1, -0.05) is 26.0 Å². The highest BCUT2D eigenvalue weighted by Crippen LogP contribution is 2.05. The molecule has 1 aromatic carbocycles. The molecule has 0 aliphatic heterocycles. The van der Waals surface area contributed by atoms with Crippen LogP contribution in [-0.2, 0) is 11.2 Å². The zero-order chi connectivity index (χ0) is 18.7. The number of carbonyl (C=O) groups excluding carboxylic acids is 2. The quantitative estimate of drug-likeness (QED) is 0.196. The number of guanidine groups is 1. The Bertz CT molecular complexity index is 605. The van der Waals surface area contributed by atoms with E-state index >= 15 is 0 Å². The van der Waals surface area contributed by atoms with Crippen molar-refractivity contribution in [3.63, 3.8) is 0 Å². The molecule has 0 spiro atoms. The Balaban J connectivity index is 0.00000625. The number of halogens is 1. The molecule has 0 aliphatic rings. The van der Waals surface area contributed by atoms with Gasteiger partial charge in [-0.3, -0.25) is 14.6 Å². The van der Waals surface area contributed by atoms with E-state index in [0.29, 0.717) is 31.2 Å². The van der Waals surface area contributed by atoms with Gasteiger partial charge in [0.2, 0.25) is 5.91 Å². The van der Waals surface area contributed by atoms with Crippen LogP contribution in [0.4, 0.5) is 0 Å². The lowest BCUT2D eigenvalue weighted by molar-refractivity contribution is -0.123. The van der Waals surface area contributed by atoms with Crippen LogP contribution in [0.25, 0.3) is 0 Å². The number of benzene rings is 1. The van der Waals surface area contributed by atoms with E-state index in [9.17, 15) is 9.59 Å². The van der Waals surface area contributed by atoms with Gasteiger partial charge in [0.25, 0.3) is 5.91 Å². The van der Waals surface area contributed by atoms with Crippen LogP contribution in [0.2, 0.25) is 0 Å². The predicted octanol–water partition coefficient (Wildman–Crippen LogP) is 1.14. The second-order valence-corrected chi connectivity index (χ2v) is 5.90. The maximum absolute atomic E-state index is 11.6. The Morgan fingerprint density at radius 2 is 1.73 bits per heavy atom. The molecule has 7 nitrogen and oxygen atoms in total. The van der Waals surface area contributed by atoms with Gasteiger partial charge in [0.1, 0.15) is 0 Å². The van der Waals surface area contributed by atoms with Crippen molar-refractivity contribution < 1.29 is 9.59 Å². The van der Waals surface area contributed by atoms with Crippen molar-refractivity contribution in [3.8, 4) is 0 Å². The smallest absolute Gasteiger partial charge is 0.251 e. The normalized spacial score (nSPS) is 10.7. The summed E-state index contributed by atoms with van der Waals surface area (Å²) < 4.78 is 0. The first-order chi connectivity index (χ1) is 12.0. The standard InChI is InChI=1S/C18H29N5O2.HI/c1-13(2)16(24)21-10-11-23-18(20-4)22-9-8-14-6-5-7-15(12-14)17(25)19-3;/h5-7,12-13H,8-11H2,1-4H3,(H,19,25)(H,21,24)(H2,20,22,23);1H. The molecule has 0 atom stereocenters.